The van der Waals surface area contributed by atoms with Gasteiger partial charge in [0.25, 0.3) is 0 Å². The summed E-state index contributed by atoms with van der Waals surface area (Å²) in [7, 11) is 0. The third-order valence-electron chi connectivity index (χ3n) is 3.23. The van der Waals surface area contributed by atoms with Crippen LogP contribution in [0.1, 0.15) is 6.42 Å². The van der Waals surface area contributed by atoms with E-state index in [4.69, 9.17) is 5.73 Å². The zero-order valence-electron chi connectivity index (χ0n) is 10.3. The summed E-state index contributed by atoms with van der Waals surface area (Å²) in [5.41, 5.74) is 7.82. The highest BCUT2D eigenvalue weighted by Crippen LogP contribution is 2.18. The average Bonchev–Trinajstić information content (AvgIpc) is 2.56. The van der Waals surface area contributed by atoms with Gasteiger partial charge in [-0.15, -0.1) is 6.58 Å². The first-order chi connectivity index (χ1) is 8.29. The fraction of sp³-hybridized carbons (Fsp3) is 0.429. The number of hydrogen-bond acceptors (Lipinski definition) is 3. The standard InChI is InChI=1S/C14H21N3/c1-2-8-16-9-3-10-17(12-11-16)14-6-4-13(15)5-7-14/h2,4-7H,1,3,8-12,15H2. The first-order valence-corrected chi connectivity index (χ1v) is 6.23. The molecule has 3 nitrogen and oxygen atoms in total. The molecule has 2 rings (SSSR count). The van der Waals surface area contributed by atoms with E-state index in [1.165, 1.54) is 12.1 Å². The number of nitrogen functional groups attached to an aromatic ring is 1. The molecule has 0 atom stereocenters. The second-order valence-corrected chi connectivity index (χ2v) is 4.52. The van der Waals surface area contributed by atoms with Crippen molar-refractivity contribution in [1.29, 1.82) is 0 Å². The largest absolute Gasteiger partial charge is 0.399 e. The van der Waals surface area contributed by atoms with Crippen molar-refractivity contribution in [2.75, 3.05) is 43.4 Å². The van der Waals surface area contributed by atoms with Gasteiger partial charge >= 0.3 is 0 Å². The SMILES string of the molecule is C=CCN1CCCN(c2ccc(N)cc2)CC1. The van der Waals surface area contributed by atoms with Crippen LogP contribution < -0.4 is 10.6 Å². The molecule has 1 aromatic rings. The van der Waals surface area contributed by atoms with E-state index in [9.17, 15) is 0 Å². The van der Waals surface area contributed by atoms with Gasteiger partial charge in [-0.1, -0.05) is 6.08 Å². The van der Waals surface area contributed by atoms with Gasteiger partial charge in [0.15, 0.2) is 0 Å². The lowest BCUT2D eigenvalue weighted by Gasteiger charge is -2.23. The molecular weight excluding hydrogens is 210 g/mol. The van der Waals surface area contributed by atoms with Crippen LogP contribution in [0.4, 0.5) is 11.4 Å². The quantitative estimate of drug-likeness (QED) is 0.637. The molecule has 0 amide bonds. The molecule has 17 heavy (non-hydrogen) atoms. The van der Waals surface area contributed by atoms with Crippen molar-refractivity contribution in [2.24, 2.45) is 0 Å². The van der Waals surface area contributed by atoms with Gasteiger partial charge in [-0.3, -0.25) is 4.90 Å². The summed E-state index contributed by atoms with van der Waals surface area (Å²) in [4.78, 5) is 4.88. The molecule has 1 aliphatic rings. The Morgan fingerprint density at radius 1 is 1.12 bits per heavy atom. The Morgan fingerprint density at radius 3 is 2.59 bits per heavy atom. The van der Waals surface area contributed by atoms with Crippen molar-refractivity contribution >= 4 is 11.4 Å². The van der Waals surface area contributed by atoms with E-state index in [0.717, 1.165) is 38.4 Å². The number of benzene rings is 1. The van der Waals surface area contributed by atoms with Gasteiger partial charge in [-0.25, -0.2) is 0 Å². The Bertz CT molecular complexity index is 358. The third-order valence-corrected chi connectivity index (χ3v) is 3.23. The molecule has 2 N–H and O–H groups in total. The molecule has 1 saturated heterocycles. The van der Waals surface area contributed by atoms with Crippen LogP contribution in [-0.4, -0.2) is 37.6 Å². The maximum atomic E-state index is 5.71. The van der Waals surface area contributed by atoms with Gasteiger partial charge in [0.1, 0.15) is 0 Å². The number of nitrogens with zero attached hydrogens (tertiary/aromatic N) is 2. The lowest BCUT2D eigenvalue weighted by Crippen LogP contribution is -2.30. The molecule has 3 heteroatoms. The maximum absolute atomic E-state index is 5.71. The summed E-state index contributed by atoms with van der Waals surface area (Å²) in [6, 6.07) is 8.17. The zero-order chi connectivity index (χ0) is 12.1. The topological polar surface area (TPSA) is 32.5 Å². The lowest BCUT2D eigenvalue weighted by atomic mass is 10.2. The molecule has 0 aromatic heterocycles. The fourth-order valence-corrected chi connectivity index (χ4v) is 2.28. The van der Waals surface area contributed by atoms with Crippen LogP contribution in [0.2, 0.25) is 0 Å². The van der Waals surface area contributed by atoms with Gasteiger partial charge in [-0.2, -0.15) is 0 Å². The van der Waals surface area contributed by atoms with E-state index in [-0.39, 0.29) is 0 Å². The second kappa shape index (κ2) is 5.73. The van der Waals surface area contributed by atoms with Crippen LogP contribution in [0.5, 0.6) is 0 Å². The molecule has 1 fully saturated rings. The summed E-state index contributed by atoms with van der Waals surface area (Å²) in [6.07, 6.45) is 3.19. The molecule has 0 aliphatic carbocycles. The minimum Gasteiger partial charge on any atom is -0.399 e. The summed E-state index contributed by atoms with van der Waals surface area (Å²) in [5.74, 6) is 0. The van der Waals surface area contributed by atoms with E-state index < -0.39 is 0 Å². The number of anilines is 2. The third kappa shape index (κ3) is 3.24. The Balaban J connectivity index is 1.98. The highest BCUT2D eigenvalue weighted by Gasteiger charge is 2.13. The van der Waals surface area contributed by atoms with Crippen molar-refractivity contribution in [2.45, 2.75) is 6.42 Å². The molecule has 92 valence electrons. The van der Waals surface area contributed by atoms with Crippen LogP contribution >= 0.6 is 0 Å². The van der Waals surface area contributed by atoms with E-state index >= 15 is 0 Å². The lowest BCUT2D eigenvalue weighted by molar-refractivity contribution is 0.325. The molecule has 0 spiro atoms. The molecular formula is C14H21N3. The first kappa shape index (κ1) is 12.0. The van der Waals surface area contributed by atoms with Crippen LogP contribution in [0, 0.1) is 0 Å². The number of rotatable bonds is 3. The minimum absolute atomic E-state index is 0.830. The predicted octanol–water partition coefficient (Wildman–Crippen LogP) is 1.97. The molecule has 1 aliphatic heterocycles. The summed E-state index contributed by atoms with van der Waals surface area (Å²) in [6.45, 7) is 9.27. The molecule has 0 saturated carbocycles. The van der Waals surface area contributed by atoms with Crippen molar-refractivity contribution in [3.8, 4) is 0 Å². The van der Waals surface area contributed by atoms with Gasteiger partial charge in [-0.05, 0) is 30.7 Å². The fourth-order valence-electron chi connectivity index (χ4n) is 2.28. The molecule has 0 unspecified atom stereocenters. The van der Waals surface area contributed by atoms with Crippen molar-refractivity contribution in [3.05, 3.63) is 36.9 Å². The number of nitrogens with two attached hydrogens (primary N) is 1. The first-order valence-electron chi connectivity index (χ1n) is 6.23. The molecule has 0 bridgehead atoms. The Kier molecular flexibility index (Phi) is 4.04. The van der Waals surface area contributed by atoms with Gasteiger partial charge in [0.05, 0.1) is 0 Å². The van der Waals surface area contributed by atoms with E-state index in [0.29, 0.717) is 0 Å². The highest BCUT2D eigenvalue weighted by molar-refractivity contribution is 5.53. The Hall–Kier alpha value is -1.48. The summed E-state index contributed by atoms with van der Waals surface area (Å²) < 4.78 is 0. The van der Waals surface area contributed by atoms with Crippen LogP contribution in [0.3, 0.4) is 0 Å². The van der Waals surface area contributed by atoms with E-state index in [1.54, 1.807) is 0 Å². The Labute approximate surface area is 104 Å². The van der Waals surface area contributed by atoms with Crippen LogP contribution in [0.15, 0.2) is 36.9 Å². The normalized spacial score (nSPS) is 17.8. The predicted molar refractivity (Wildman–Crippen MR) is 74.3 cm³/mol. The van der Waals surface area contributed by atoms with Gasteiger partial charge < -0.3 is 10.6 Å². The summed E-state index contributed by atoms with van der Waals surface area (Å²) in [5, 5.41) is 0. The highest BCUT2D eigenvalue weighted by atomic mass is 15.2. The minimum atomic E-state index is 0.830. The molecule has 1 heterocycles. The second-order valence-electron chi connectivity index (χ2n) is 4.52. The van der Waals surface area contributed by atoms with Crippen LogP contribution in [-0.2, 0) is 0 Å². The van der Waals surface area contributed by atoms with E-state index in [2.05, 4.69) is 28.5 Å². The van der Waals surface area contributed by atoms with Crippen molar-refractivity contribution in [1.82, 2.24) is 4.90 Å². The summed E-state index contributed by atoms with van der Waals surface area (Å²) >= 11 is 0. The molecule has 1 aromatic carbocycles. The van der Waals surface area contributed by atoms with Gasteiger partial charge in [0.2, 0.25) is 0 Å². The van der Waals surface area contributed by atoms with Crippen molar-refractivity contribution in [3.63, 3.8) is 0 Å². The number of hydrogen-bond donors (Lipinski definition) is 1. The smallest absolute Gasteiger partial charge is 0.0368 e. The van der Waals surface area contributed by atoms with Crippen LogP contribution in [0.25, 0.3) is 0 Å². The van der Waals surface area contributed by atoms with E-state index in [1.807, 2.05) is 18.2 Å². The molecule has 0 radical (unpaired) electrons. The monoisotopic (exact) mass is 231 g/mol. The maximum Gasteiger partial charge on any atom is 0.0368 e. The van der Waals surface area contributed by atoms with Crippen molar-refractivity contribution < 1.29 is 0 Å². The average molecular weight is 231 g/mol. The zero-order valence-corrected chi connectivity index (χ0v) is 10.3. The van der Waals surface area contributed by atoms with Gasteiger partial charge in [0, 0.05) is 44.1 Å². The Morgan fingerprint density at radius 2 is 1.88 bits per heavy atom.